The van der Waals surface area contributed by atoms with Crippen LogP contribution in [0, 0.1) is 5.92 Å². The van der Waals surface area contributed by atoms with Crippen molar-refractivity contribution >= 4 is 17.5 Å². The summed E-state index contributed by atoms with van der Waals surface area (Å²) in [6.45, 7) is 1.22. The molecule has 1 aliphatic carbocycles. The van der Waals surface area contributed by atoms with Crippen LogP contribution in [0.3, 0.4) is 0 Å². The fourth-order valence-electron chi connectivity index (χ4n) is 3.58. The molecule has 0 aliphatic heterocycles. The Balaban J connectivity index is 1.53. The second-order valence-corrected chi connectivity index (χ2v) is 8.20. The molecule has 0 heterocycles. The van der Waals surface area contributed by atoms with Crippen LogP contribution in [-0.4, -0.2) is 25.5 Å². The van der Waals surface area contributed by atoms with E-state index in [0.717, 1.165) is 23.4 Å². The van der Waals surface area contributed by atoms with Gasteiger partial charge in [0.05, 0.1) is 20.1 Å². The first-order chi connectivity index (χ1) is 15.6. The minimum atomic E-state index is -0.109. The standard InChI is InChI=1S/C27H28N2O3/c1-32-25-9-5-8-23(17-25)27(31)29(19-22-6-3-2-4-7-22)24-14-12-20(13-15-24)16-26(30)28-18-21-10-11-21/h2-9,12-15,17,21H,10-11,16,18-19H2,1H3,(H,28,30). The summed E-state index contributed by atoms with van der Waals surface area (Å²) in [5, 5.41) is 3.00. The van der Waals surface area contributed by atoms with E-state index in [0.29, 0.717) is 30.2 Å². The van der Waals surface area contributed by atoms with Crippen molar-refractivity contribution in [3.8, 4) is 5.75 Å². The number of benzene rings is 3. The molecule has 0 atom stereocenters. The lowest BCUT2D eigenvalue weighted by Gasteiger charge is -2.24. The second-order valence-electron chi connectivity index (χ2n) is 8.20. The molecule has 0 unspecified atom stereocenters. The van der Waals surface area contributed by atoms with Crippen molar-refractivity contribution in [2.75, 3.05) is 18.6 Å². The first-order valence-corrected chi connectivity index (χ1v) is 11.0. The van der Waals surface area contributed by atoms with Crippen molar-refractivity contribution in [2.45, 2.75) is 25.8 Å². The number of nitrogens with zero attached hydrogens (tertiary/aromatic N) is 1. The highest BCUT2D eigenvalue weighted by molar-refractivity contribution is 6.06. The predicted molar refractivity (Wildman–Crippen MR) is 126 cm³/mol. The normalized spacial score (nSPS) is 12.8. The minimum Gasteiger partial charge on any atom is -0.497 e. The summed E-state index contributed by atoms with van der Waals surface area (Å²) in [6, 6.07) is 24.7. The van der Waals surface area contributed by atoms with Gasteiger partial charge < -0.3 is 15.0 Å². The van der Waals surface area contributed by atoms with Gasteiger partial charge in [-0.3, -0.25) is 9.59 Å². The number of methoxy groups -OCH3 is 1. The summed E-state index contributed by atoms with van der Waals surface area (Å²) in [7, 11) is 1.59. The number of hydrogen-bond acceptors (Lipinski definition) is 3. The first-order valence-electron chi connectivity index (χ1n) is 11.0. The molecule has 5 heteroatoms. The van der Waals surface area contributed by atoms with Gasteiger partial charge in [-0.05, 0) is 60.2 Å². The maximum absolute atomic E-state index is 13.4. The Labute approximate surface area is 189 Å². The average Bonchev–Trinajstić information content (AvgIpc) is 3.67. The minimum absolute atomic E-state index is 0.0400. The fraction of sp³-hybridized carbons (Fsp3) is 0.259. The molecule has 5 nitrogen and oxygen atoms in total. The van der Waals surface area contributed by atoms with E-state index in [1.54, 1.807) is 24.1 Å². The van der Waals surface area contributed by atoms with Crippen LogP contribution >= 0.6 is 0 Å². The zero-order valence-electron chi connectivity index (χ0n) is 18.3. The van der Waals surface area contributed by atoms with Crippen molar-refractivity contribution in [1.82, 2.24) is 5.32 Å². The molecule has 4 rings (SSSR count). The van der Waals surface area contributed by atoms with Crippen molar-refractivity contribution in [1.29, 1.82) is 0 Å². The van der Waals surface area contributed by atoms with Gasteiger partial charge in [-0.1, -0.05) is 48.5 Å². The number of ether oxygens (including phenoxy) is 1. The molecule has 3 aromatic carbocycles. The smallest absolute Gasteiger partial charge is 0.258 e. The summed E-state index contributed by atoms with van der Waals surface area (Å²) >= 11 is 0. The summed E-state index contributed by atoms with van der Waals surface area (Å²) in [5.74, 6) is 1.24. The number of hydrogen-bond donors (Lipinski definition) is 1. The molecule has 2 amide bonds. The highest BCUT2D eigenvalue weighted by atomic mass is 16.5. The number of amides is 2. The lowest BCUT2D eigenvalue weighted by Crippen LogP contribution is -2.30. The molecule has 164 valence electrons. The van der Waals surface area contributed by atoms with Gasteiger partial charge in [0.1, 0.15) is 5.75 Å². The third-order valence-electron chi connectivity index (χ3n) is 5.64. The van der Waals surface area contributed by atoms with Crippen LogP contribution in [0.15, 0.2) is 78.9 Å². The van der Waals surface area contributed by atoms with Crippen LogP contribution < -0.4 is 15.0 Å². The van der Waals surface area contributed by atoms with Gasteiger partial charge in [-0.15, -0.1) is 0 Å². The van der Waals surface area contributed by atoms with E-state index >= 15 is 0 Å². The van der Waals surface area contributed by atoms with Crippen molar-refractivity contribution in [2.24, 2.45) is 5.92 Å². The Morgan fingerprint density at radius 2 is 1.69 bits per heavy atom. The topological polar surface area (TPSA) is 58.6 Å². The number of carbonyl (C=O) groups is 2. The molecule has 0 radical (unpaired) electrons. The van der Waals surface area contributed by atoms with E-state index in [-0.39, 0.29) is 11.8 Å². The molecule has 3 aromatic rings. The first kappa shape index (κ1) is 21.6. The third-order valence-corrected chi connectivity index (χ3v) is 5.64. The summed E-state index contributed by atoms with van der Waals surface area (Å²) in [6.07, 6.45) is 2.77. The quantitative estimate of drug-likeness (QED) is 0.541. The van der Waals surface area contributed by atoms with Gasteiger partial charge in [0.25, 0.3) is 5.91 Å². The predicted octanol–water partition coefficient (Wildman–Crippen LogP) is 4.61. The molecular formula is C27H28N2O3. The lowest BCUT2D eigenvalue weighted by molar-refractivity contribution is -0.120. The lowest BCUT2D eigenvalue weighted by atomic mass is 10.1. The maximum Gasteiger partial charge on any atom is 0.258 e. The van der Waals surface area contributed by atoms with E-state index in [1.165, 1.54) is 12.8 Å². The molecule has 1 saturated carbocycles. The van der Waals surface area contributed by atoms with Crippen LogP contribution in [0.2, 0.25) is 0 Å². The van der Waals surface area contributed by atoms with Crippen LogP contribution in [-0.2, 0) is 17.8 Å². The molecule has 1 fully saturated rings. The van der Waals surface area contributed by atoms with E-state index in [2.05, 4.69) is 5.32 Å². The van der Waals surface area contributed by atoms with Gasteiger partial charge >= 0.3 is 0 Å². The van der Waals surface area contributed by atoms with Crippen molar-refractivity contribution in [3.05, 3.63) is 95.6 Å². The largest absolute Gasteiger partial charge is 0.497 e. The van der Waals surface area contributed by atoms with Crippen molar-refractivity contribution < 1.29 is 14.3 Å². The Kier molecular flexibility index (Phi) is 6.85. The number of anilines is 1. The van der Waals surface area contributed by atoms with E-state index in [9.17, 15) is 9.59 Å². The zero-order valence-corrected chi connectivity index (χ0v) is 18.3. The zero-order chi connectivity index (χ0) is 22.3. The maximum atomic E-state index is 13.4. The van der Waals surface area contributed by atoms with Gasteiger partial charge in [0.2, 0.25) is 5.91 Å². The molecule has 1 N–H and O–H groups in total. The Bertz CT molecular complexity index is 1060. The third kappa shape index (κ3) is 5.76. The molecule has 0 aromatic heterocycles. The van der Waals surface area contributed by atoms with E-state index < -0.39 is 0 Å². The Morgan fingerprint density at radius 3 is 2.38 bits per heavy atom. The molecule has 0 spiro atoms. The monoisotopic (exact) mass is 428 g/mol. The van der Waals surface area contributed by atoms with E-state index in [1.807, 2.05) is 66.7 Å². The summed E-state index contributed by atoms with van der Waals surface area (Å²) in [4.78, 5) is 27.4. The van der Waals surface area contributed by atoms with Gasteiger partial charge in [0, 0.05) is 17.8 Å². The SMILES string of the molecule is COc1cccc(C(=O)N(Cc2ccccc2)c2ccc(CC(=O)NCC3CC3)cc2)c1. The van der Waals surface area contributed by atoms with E-state index in [4.69, 9.17) is 4.74 Å². The van der Waals surface area contributed by atoms with Crippen LogP contribution in [0.5, 0.6) is 5.75 Å². The van der Waals surface area contributed by atoms with Gasteiger partial charge in [-0.2, -0.15) is 0 Å². The van der Waals surface area contributed by atoms with Gasteiger partial charge in [-0.25, -0.2) is 0 Å². The number of nitrogens with one attached hydrogen (secondary N) is 1. The fourth-order valence-corrected chi connectivity index (χ4v) is 3.58. The highest BCUT2D eigenvalue weighted by Gasteiger charge is 2.22. The average molecular weight is 429 g/mol. The molecule has 32 heavy (non-hydrogen) atoms. The Hall–Kier alpha value is -3.60. The summed E-state index contributed by atoms with van der Waals surface area (Å²) < 4.78 is 5.29. The highest BCUT2D eigenvalue weighted by Crippen LogP contribution is 2.27. The van der Waals surface area contributed by atoms with Crippen LogP contribution in [0.4, 0.5) is 5.69 Å². The molecule has 0 saturated heterocycles. The van der Waals surface area contributed by atoms with Crippen molar-refractivity contribution in [3.63, 3.8) is 0 Å². The number of rotatable bonds is 9. The van der Waals surface area contributed by atoms with Crippen LogP contribution in [0.25, 0.3) is 0 Å². The molecule has 1 aliphatic rings. The Morgan fingerprint density at radius 1 is 0.938 bits per heavy atom. The second kappa shape index (κ2) is 10.1. The number of carbonyl (C=O) groups excluding carboxylic acids is 2. The van der Waals surface area contributed by atoms with Crippen LogP contribution in [0.1, 0.15) is 34.3 Å². The molecular weight excluding hydrogens is 400 g/mol. The molecule has 0 bridgehead atoms. The summed E-state index contributed by atoms with van der Waals surface area (Å²) in [5.41, 5.74) is 3.30. The van der Waals surface area contributed by atoms with Gasteiger partial charge in [0.15, 0.2) is 0 Å².